The van der Waals surface area contributed by atoms with Gasteiger partial charge in [-0.15, -0.1) is 0 Å². The molecule has 1 N–H and O–H groups in total. The highest BCUT2D eigenvalue weighted by atomic mass is 35.5. The summed E-state index contributed by atoms with van der Waals surface area (Å²) in [4.78, 5) is 28.6. The Morgan fingerprint density at radius 1 is 1.17 bits per heavy atom. The topological polar surface area (TPSA) is 81.4 Å². The number of hydrogen-bond acceptors (Lipinski definition) is 5. The van der Waals surface area contributed by atoms with Gasteiger partial charge in [0.05, 0.1) is 18.4 Å². The van der Waals surface area contributed by atoms with Crippen LogP contribution in [0.15, 0.2) is 65.4 Å². The number of halogens is 1. The van der Waals surface area contributed by atoms with Crippen molar-refractivity contribution in [3.8, 4) is 0 Å². The Morgan fingerprint density at radius 3 is 2.83 bits per heavy atom. The number of amides is 1. The number of nitrogens with one attached hydrogen (secondary N) is 1. The number of pyridine rings is 1. The maximum absolute atomic E-state index is 12.4. The summed E-state index contributed by atoms with van der Waals surface area (Å²) >= 11 is 5.93. The highest BCUT2D eigenvalue weighted by Gasteiger charge is 2.21. The molecule has 2 aromatic carbocycles. The van der Waals surface area contributed by atoms with Crippen molar-refractivity contribution in [1.29, 1.82) is 0 Å². The number of nitrogens with zero attached hydrogens (tertiary/aromatic N) is 1. The van der Waals surface area contributed by atoms with Gasteiger partial charge in [0.25, 0.3) is 5.91 Å². The van der Waals surface area contributed by atoms with Crippen LogP contribution < -0.4 is 5.32 Å². The number of esters is 1. The summed E-state index contributed by atoms with van der Waals surface area (Å²) < 4.78 is 10.9. The quantitative estimate of drug-likeness (QED) is 0.380. The van der Waals surface area contributed by atoms with E-state index in [1.54, 1.807) is 18.4 Å². The fraction of sp³-hybridized carbons (Fsp3) is 0.136. The van der Waals surface area contributed by atoms with E-state index in [1.807, 2.05) is 36.4 Å². The van der Waals surface area contributed by atoms with Crippen molar-refractivity contribution < 1.29 is 18.7 Å². The number of anilines is 1. The molecule has 6 nitrogen and oxygen atoms in total. The van der Waals surface area contributed by atoms with E-state index in [2.05, 4.69) is 10.3 Å². The van der Waals surface area contributed by atoms with Crippen LogP contribution in [0.2, 0.25) is 5.15 Å². The van der Waals surface area contributed by atoms with Crippen molar-refractivity contribution in [2.75, 3.05) is 5.32 Å². The molecule has 0 unspecified atom stereocenters. The minimum absolute atomic E-state index is 0.00766. The van der Waals surface area contributed by atoms with E-state index < -0.39 is 18.0 Å². The summed E-state index contributed by atoms with van der Waals surface area (Å²) in [6, 6.07) is 15.0. The van der Waals surface area contributed by atoms with Crippen LogP contribution in [0.3, 0.4) is 0 Å². The highest BCUT2D eigenvalue weighted by Crippen LogP contribution is 2.30. The highest BCUT2D eigenvalue weighted by molar-refractivity contribution is 6.32. The summed E-state index contributed by atoms with van der Waals surface area (Å²) in [5, 5.41) is 5.69. The predicted molar refractivity (Wildman–Crippen MR) is 111 cm³/mol. The molecule has 0 saturated carbocycles. The second-order valence-electron chi connectivity index (χ2n) is 6.56. The molecule has 0 radical (unpaired) electrons. The fourth-order valence-electron chi connectivity index (χ4n) is 3.17. The minimum Gasteiger partial charge on any atom is -0.464 e. The summed E-state index contributed by atoms with van der Waals surface area (Å²) in [6.07, 6.45) is 2.07. The van der Waals surface area contributed by atoms with Gasteiger partial charge in [0.15, 0.2) is 11.3 Å². The van der Waals surface area contributed by atoms with Gasteiger partial charge in [-0.1, -0.05) is 41.9 Å². The van der Waals surface area contributed by atoms with Crippen molar-refractivity contribution >= 4 is 50.9 Å². The summed E-state index contributed by atoms with van der Waals surface area (Å²) in [7, 11) is 0. The molecule has 0 aliphatic carbocycles. The summed E-state index contributed by atoms with van der Waals surface area (Å²) in [5.74, 6) is -1.02. The Kier molecular flexibility index (Phi) is 5.18. The standard InChI is InChI=1S/C22H17ClN2O4/c1-13(22(27)25-17-7-4-10-24-21(17)23)29-19(26)11-15-12-28-18-9-8-14-5-2-3-6-16(14)20(15)18/h2-10,12-13H,11H2,1H3,(H,25,27)/t13-/m1/s1. The molecule has 4 aromatic rings. The lowest BCUT2D eigenvalue weighted by Crippen LogP contribution is -2.30. The van der Waals surface area contributed by atoms with E-state index in [4.69, 9.17) is 20.8 Å². The van der Waals surface area contributed by atoms with Crippen molar-refractivity contribution in [3.05, 3.63) is 71.7 Å². The Hall–Kier alpha value is -3.38. The summed E-state index contributed by atoms with van der Waals surface area (Å²) in [5.41, 5.74) is 1.77. The van der Waals surface area contributed by atoms with Gasteiger partial charge in [-0.25, -0.2) is 4.98 Å². The number of carbonyl (C=O) groups is 2. The molecule has 146 valence electrons. The van der Waals surface area contributed by atoms with Crippen LogP contribution >= 0.6 is 11.6 Å². The molecular weight excluding hydrogens is 392 g/mol. The average Bonchev–Trinajstić information content (AvgIpc) is 3.12. The van der Waals surface area contributed by atoms with Crippen LogP contribution in [0.5, 0.6) is 0 Å². The second-order valence-corrected chi connectivity index (χ2v) is 6.92. The van der Waals surface area contributed by atoms with Gasteiger partial charge in [-0.2, -0.15) is 0 Å². The molecule has 0 bridgehead atoms. The average molecular weight is 409 g/mol. The SMILES string of the molecule is C[C@@H](OC(=O)Cc1coc2ccc3ccccc3c12)C(=O)Nc1cccnc1Cl. The van der Waals surface area contributed by atoms with Crippen LogP contribution in [0.4, 0.5) is 5.69 Å². The van der Waals surface area contributed by atoms with E-state index in [-0.39, 0.29) is 11.6 Å². The molecular formula is C22H17ClN2O4. The number of carbonyl (C=O) groups excluding carboxylic acids is 2. The number of rotatable bonds is 5. The molecule has 0 aliphatic heterocycles. The number of aromatic nitrogens is 1. The monoisotopic (exact) mass is 408 g/mol. The minimum atomic E-state index is -0.992. The fourth-order valence-corrected chi connectivity index (χ4v) is 3.33. The Morgan fingerprint density at radius 2 is 2.00 bits per heavy atom. The first-order valence-corrected chi connectivity index (χ1v) is 9.39. The number of ether oxygens (including phenoxy) is 1. The van der Waals surface area contributed by atoms with Gasteiger partial charge >= 0.3 is 5.97 Å². The van der Waals surface area contributed by atoms with Gasteiger partial charge in [-0.3, -0.25) is 9.59 Å². The van der Waals surface area contributed by atoms with Gasteiger partial charge in [0.2, 0.25) is 0 Å². The van der Waals surface area contributed by atoms with Crippen LogP contribution in [-0.4, -0.2) is 23.0 Å². The number of benzene rings is 2. The molecule has 4 rings (SSSR count). The van der Waals surface area contributed by atoms with Gasteiger partial charge in [0.1, 0.15) is 5.58 Å². The molecule has 2 aromatic heterocycles. The maximum atomic E-state index is 12.4. The van der Waals surface area contributed by atoms with Crippen LogP contribution in [0, 0.1) is 0 Å². The number of furan rings is 1. The number of hydrogen-bond donors (Lipinski definition) is 1. The first kappa shape index (κ1) is 19.0. The lowest BCUT2D eigenvalue weighted by Gasteiger charge is -2.13. The maximum Gasteiger partial charge on any atom is 0.311 e. The third kappa shape index (κ3) is 3.93. The van der Waals surface area contributed by atoms with Crippen molar-refractivity contribution in [1.82, 2.24) is 4.98 Å². The zero-order chi connectivity index (χ0) is 20.4. The molecule has 1 atom stereocenters. The molecule has 0 aliphatic rings. The second kappa shape index (κ2) is 7.93. The molecule has 0 fully saturated rings. The van der Waals surface area contributed by atoms with E-state index in [0.717, 1.165) is 16.2 Å². The van der Waals surface area contributed by atoms with Gasteiger partial charge < -0.3 is 14.5 Å². The molecule has 2 heterocycles. The lowest BCUT2D eigenvalue weighted by atomic mass is 10.0. The first-order valence-electron chi connectivity index (χ1n) is 9.01. The molecule has 1 amide bonds. The number of fused-ring (bicyclic) bond motifs is 3. The Balaban J connectivity index is 1.48. The van der Waals surface area contributed by atoms with Gasteiger partial charge in [-0.05, 0) is 35.9 Å². The largest absolute Gasteiger partial charge is 0.464 e. The Bertz CT molecular complexity index is 1220. The van der Waals surface area contributed by atoms with Crippen LogP contribution in [0.1, 0.15) is 12.5 Å². The van der Waals surface area contributed by atoms with E-state index in [9.17, 15) is 9.59 Å². The van der Waals surface area contributed by atoms with E-state index >= 15 is 0 Å². The molecule has 0 spiro atoms. The Labute approximate surface area is 171 Å². The van der Waals surface area contributed by atoms with Gasteiger partial charge in [0, 0.05) is 17.1 Å². The molecule has 7 heteroatoms. The van der Waals surface area contributed by atoms with E-state index in [0.29, 0.717) is 16.8 Å². The zero-order valence-electron chi connectivity index (χ0n) is 15.5. The zero-order valence-corrected chi connectivity index (χ0v) is 16.3. The van der Waals surface area contributed by atoms with Crippen LogP contribution in [0.25, 0.3) is 21.7 Å². The predicted octanol–water partition coefficient (Wildman–Crippen LogP) is 4.75. The lowest BCUT2D eigenvalue weighted by molar-refractivity contribution is -0.152. The third-order valence-electron chi connectivity index (χ3n) is 4.57. The normalized spacial score (nSPS) is 12.1. The first-order chi connectivity index (χ1) is 14.0. The van der Waals surface area contributed by atoms with Crippen LogP contribution in [-0.2, 0) is 20.7 Å². The third-order valence-corrected chi connectivity index (χ3v) is 4.87. The molecule has 29 heavy (non-hydrogen) atoms. The smallest absolute Gasteiger partial charge is 0.311 e. The van der Waals surface area contributed by atoms with Crippen molar-refractivity contribution in [2.45, 2.75) is 19.4 Å². The van der Waals surface area contributed by atoms with Crippen molar-refractivity contribution in [2.24, 2.45) is 0 Å². The van der Waals surface area contributed by atoms with Crippen molar-refractivity contribution in [3.63, 3.8) is 0 Å². The van der Waals surface area contributed by atoms with E-state index in [1.165, 1.54) is 13.1 Å². The molecule has 0 saturated heterocycles. The summed E-state index contributed by atoms with van der Waals surface area (Å²) in [6.45, 7) is 1.50.